The van der Waals surface area contributed by atoms with Crippen LogP contribution in [0.1, 0.15) is 17.2 Å². The van der Waals surface area contributed by atoms with E-state index in [1.807, 2.05) is 0 Å². The summed E-state index contributed by atoms with van der Waals surface area (Å²) < 4.78 is 0. The largest absolute Gasteiger partial charge is 0.385 e. The fraction of sp³-hybridized carbons (Fsp3) is 0.182. The van der Waals surface area contributed by atoms with Crippen molar-refractivity contribution < 1.29 is 15.0 Å². The van der Waals surface area contributed by atoms with E-state index in [0.29, 0.717) is 11.1 Å². The van der Waals surface area contributed by atoms with Crippen molar-refractivity contribution in [3.63, 3.8) is 0 Å². The maximum absolute atomic E-state index is 10.7. The van der Waals surface area contributed by atoms with E-state index in [1.54, 1.807) is 24.3 Å². The molecule has 1 aromatic rings. The van der Waals surface area contributed by atoms with E-state index < -0.39 is 18.1 Å². The number of amides is 1. The molecule has 0 aliphatic rings. The molecule has 1 aromatic carbocycles. The standard InChI is InChI=1S/C11H13NO3/c1-2-7-5-3-4-6-8(7)9(13)10(14)11(12)15/h2-6,9-10,13-14H,1H2,(H2,12,15). The number of nitrogens with two attached hydrogens (primary N) is 1. The Balaban J connectivity index is 3.04. The molecule has 0 aliphatic heterocycles. The molecule has 80 valence electrons. The minimum atomic E-state index is -1.61. The highest BCUT2D eigenvalue weighted by Crippen LogP contribution is 2.21. The molecule has 0 heterocycles. The van der Waals surface area contributed by atoms with Gasteiger partial charge in [-0.2, -0.15) is 0 Å². The summed E-state index contributed by atoms with van der Waals surface area (Å²) in [6.45, 7) is 3.57. The molecule has 0 spiro atoms. The van der Waals surface area contributed by atoms with Crippen LogP contribution in [0.2, 0.25) is 0 Å². The molecule has 1 rings (SSSR count). The molecule has 2 atom stereocenters. The molecule has 0 fully saturated rings. The highest BCUT2D eigenvalue weighted by Gasteiger charge is 2.24. The van der Waals surface area contributed by atoms with Crippen LogP contribution in [-0.2, 0) is 4.79 Å². The smallest absolute Gasteiger partial charge is 0.249 e. The molecule has 0 saturated heterocycles. The lowest BCUT2D eigenvalue weighted by atomic mass is 9.98. The molecule has 0 radical (unpaired) electrons. The Morgan fingerprint density at radius 1 is 1.40 bits per heavy atom. The average Bonchev–Trinajstić information content (AvgIpc) is 2.26. The molecule has 4 nitrogen and oxygen atoms in total. The summed E-state index contributed by atoms with van der Waals surface area (Å²) in [4.78, 5) is 10.7. The zero-order chi connectivity index (χ0) is 11.4. The minimum Gasteiger partial charge on any atom is -0.385 e. The van der Waals surface area contributed by atoms with Crippen molar-refractivity contribution in [2.24, 2.45) is 5.73 Å². The molecule has 4 heteroatoms. The van der Waals surface area contributed by atoms with Crippen molar-refractivity contribution in [3.05, 3.63) is 42.0 Å². The van der Waals surface area contributed by atoms with Crippen molar-refractivity contribution >= 4 is 12.0 Å². The van der Waals surface area contributed by atoms with Gasteiger partial charge in [0.05, 0.1) is 0 Å². The van der Waals surface area contributed by atoms with Crippen LogP contribution >= 0.6 is 0 Å². The van der Waals surface area contributed by atoms with E-state index in [0.717, 1.165) is 0 Å². The van der Waals surface area contributed by atoms with Gasteiger partial charge in [0.2, 0.25) is 5.91 Å². The van der Waals surface area contributed by atoms with Crippen LogP contribution in [0.5, 0.6) is 0 Å². The summed E-state index contributed by atoms with van der Waals surface area (Å²) in [5.74, 6) is -0.957. The predicted octanol–water partition coefficient (Wildman–Crippen LogP) is 0.209. The van der Waals surface area contributed by atoms with Crippen LogP contribution in [0, 0.1) is 0 Å². The van der Waals surface area contributed by atoms with Crippen LogP contribution in [0.15, 0.2) is 30.8 Å². The van der Waals surface area contributed by atoms with E-state index in [2.05, 4.69) is 6.58 Å². The fourth-order valence-corrected chi connectivity index (χ4v) is 1.29. The SMILES string of the molecule is C=Cc1ccccc1C(O)C(O)C(N)=O. The first kappa shape index (κ1) is 11.4. The number of benzene rings is 1. The van der Waals surface area contributed by atoms with Crippen LogP contribution in [-0.4, -0.2) is 22.2 Å². The molecule has 2 unspecified atom stereocenters. The third-order valence-corrected chi connectivity index (χ3v) is 2.13. The molecule has 0 saturated carbocycles. The van der Waals surface area contributed by atoms with Gasteiger partial charge >= 0.3 is 0 Å². The lowest BCUT2D eigenvalue weighted by Gasteiger charge is -2.17. The van der Waals surface area contributed by atoms with Crippen molar-refractivity contribution in [1.82, 2.24) is 0 Å². The highest BCUT2D eigenvalue weighted by atomic mass is 16.3. The van der Waals surface area contributed by atoms with Gasteiger partial charge in [-0.3, -0.25) is 4.79 Å². The van der Waals surface area contributed by atoms with Crippen molar-refractivity contribution in [2.45, 2.75) is 12.2 Å². The highest BCUT2D eigenvalue weighted by molar-refractivity contribution is 5.79. The topological polar surface area (TPSA) is 83.6 Å². The summed E-state index contributed by atoms with van der Waals surface area (Å²) in [5.41, 5.74) is 5.98. The van der Waals surface area contributed by atoms with Gasteiger partial charge in [-0.15, -0.1) is 0 Å². The van der Waals surface area contributed by atoms with Gasteiger partial charge in [-0.05, 0) is 11.1 Å². The Morgan fingerprint density at radius 2 is 2.00 bits per heavy atom. The van der Waals surface area contributed by atoms with Crippen molar-refractivity contribution in [3.8, 4) is 0 Å². The van der Waals surface area contributed by atoms with Gasteiger partial charge in [0, 0.05) is 0 Å². The first-order valence-corrected chi connectivity index (χ1v) is 4.44. The quantitative estimate of drug-likeness (QED) is 0.660. The van der Waals surface area contributed by atoms with Gasteiger partial charge in [0.1, 0.15) is 6.10 Å². The summed E-state index contributed by atoms with van der Waals surface area (Å²) in [5, 5.41) is 19.0. The molecule has 4 N–H and O–H groups in total. The van der Waals surface area contributed by atoms with Gasteiger partial charge in [-0.25, -0.2) is 0 Å². The predicted molar refractivity (Wildman–Crippen MR) is 56.7 cm³/mol. The Kier molecular flexibility index (Phi) is 3.60. The Labute approximate surface area is 87.7 Å². The van der Waals surface area contributed by atoms with E-state index >= 15 is 0 Å². The summed E-state index contributed by atoms with van der Waals surface area (Å²) in [7, 11) is 0. The zero-order valence-corrected chi connectivity index (χ0v) is 8.13. The first-order chi connectivity index (χ1) is 7.07. The lowest BCUT2D eigenvalue weighted by Crippen LogP contribution is -2.34. The van der Waals surface area contributed by atoms with Crippen molar-refractivity contribution in [2.75, 3.05) is 0 Å². The molecule has 0 aliphatic carbocycles. The van der Waals surface area contributed by atoms with Crippen LogP contribution in [0.4, 0.5) is 0 Å². The van der Waals surface area contributed by atoms with E-state index in [-0.39, 0.29) is 0 Å². The number of primary amides is 1. The molecule has 0 bridgehead atoms. The second-order valence-electron chi connectivity index (χ2n) is 3.13. The Morgan fingerprint density at radius 3 is 2.53 bits per heavy atom. The second-order valence-corrected chi connectivity index (χ2v) is 3.13. The van der Waals surface area contributed by atoms with E-state index in [9.17, 15) is 15.0 Å². The number of rotatable bonds is 4. The van der Waals surface area contributed by atoms with Gasteiger partial charge in [0.25, 0.3) is 0 Å². The van der Waals surface area contributed by atoms with Crippen molar-refractivity contribution in [1.29, 1.82) is 0 Å². The molecule has 15 heavy (non-hydrogen) atoms. The number of hydrogen-bond donors (Lipinski definition) is 3. The number of hydrogen-bond acceptors (Lipinski definition) is 3. The third-order valence-electron chi connectivity index (χ3n) is 2.13. The third kappa shape index (κ3) is 2.43. The summed E-state index contributed by atoms with van der Waals surface area (Å²) in [6, 6.07) is 6.79. The zero-order valence-electron chi connectivity index (χ0n) is 8.13. The summed E-state index contributed by atoms with van der Waals surface area (Å²) >= 11 is 0. The minimum absolute atomic E-state index is 0.429. The Hall–Kier alpha value is -1.65. The Bertz CT molecular complexity index is 376. The lowest BCUT2D eigenvalue weighted by molar-refractivity contribution is -0.131. The number of aliphatic hydroxyl groups excluding tert-OH is 2. The number of aliphatic hydroxyl groups is 2. The van der Waals surface area contributed by atoms with Gasteiger partial charge in [0.15, 0.2) is 6.10 Å². The van der Waals surface area contributed by atoms with Crippen LogP contribution in [0.3, 0.4) is 0 Å². The first-order valence-electron chi connectivity index (χ1n) is 4.44. The maximum Gasteiger partial charge on any atom is 0.249 e. The molecule has 1 amide bonds. The fourth-order valence-electron chi connectivity index (χ4n) is 1.29. The maximum atomic E-state index is 10.7. The monoisotopic (exact) mass is 207 g/mol. The molecular formula is C11H13NO3. The van der Waals surface area contributed by atoms with E-state index in [1.165, 1.54) is 6.08 Å². The normalized spacial score (nSPS) is 14.3. The molecule has 0 aromatic heterocycles. The summed E-state index contributed by atoms with van der Waals surface area (Å²) in [6.07, 6.45) is -1.39. The van der Waals surface area contributed by atoms with Crippen LogP contribution in [0.25, 0.3) is 6.08 Å². The van der Waals surface area contributed by atoms with Gasteiger partial charge in [-0.1, -0.05) is 36.9 Å². The van der Waals surface area contributed by atoms with E-state index in [4.69, 9.17) is 5.73 Å². The second kappa shape index (κ2) is 4.72. The number of carbonyl (C=O) groups is 1. The molecular weight excluding hydrogens is 194 g/mol. The van der Waals surface area contributed by atoms with Gasteiger partial charge < -0.3 is 15.9 Å². The average molecular weight is 207 g/mol. The van der Waals surface area contributed by atoms with Crippen LogP contribution < -0.4 is 5.73 Å². The number of carbonyl (C=O) groups excluding carboxylic acids is 1.